The molecule has 2 fully saturated rings. The SMILES string of the molecule is O=C[C@@H]1CCN(N2CCC(F)(F)C2)C1. The molecule has 1 atom stereocenters. The standard InChI is InChI=1S/C9H14F2N2O/c10-9(11)2-4-13(7-9)12-3-1-8(5-12)6-14/h6,8H,1-5,7H2/t8-/m1/s1. The van der Waals surface area contributed by atoms with Crippen molar-refractivity contribution in [1.29, 1.82) is 0 Å². The van der Waals surface area contributed by atoms with E-state index in [2.05, 4.69) is 0 Å². The van der Waals surface area contributed by atoms with Crippen LogP contribution in [0.2, 0.25) is 0 Å². The first kappa shape index (κ1) is 9.98. The third-order valence-electron chi connectivity index (χ3n) is 2.95. The van der Waals surface area contributed by atoms with Gasteiger partial charge in [0.1, 0.15) is 6.29 Å². The highest BCUT2D eigenvalue weighted by molar-refractivity contribution is 5.54. The van der Waals surface area contributed by atoms with Crippen LogP contribution in [0, 0.1) is 5.92 Å². The molecule has 2 heterocycles. The van der Waals surface area contributed by atoms with Gasteiger partial charge in [-0.2, -0.15) is 0 Å². The number of alkyl halides is 2. The summed E-state index contributed by atoms with van der Waals surface area (Å²) in [5.74, 6) is -2.51. The van der Waals surface area contributed by atoms with Crippen molar-refractivity contribution in [2.75, 3.05) is 26.2 Å². The molecule has 0 spiro atoms. The molecular formula is C9H14F2N2O. The second-order valence-electron chi connectivity index (χ2n) is 4.09. The predicted octanol–water partition coefficient (Wildman–Crippen LogP) is 0.763. The molecular weight excluding hydrogens is 190 g/mol. The lowest BCUT2D eigenvalue weighted by Gasteiger charge is -2.26. The number of hydrogen-bond acceptors (Lipinski definition) is 3. The highest BCUT2D eigenvalue weighted by Crippen LogP contribution is 2.29. The number of carbonyl (C=O) groups excluding carboxylic acids is 1. The van der Waals surface area contributed by atoms with Crippen LogP contribution in [0.4, 0.5) is 8.78 Å². The van der Waals surface area contributed by atoms with Crippen LogP contribution in [0.1, 0.15) is 12.8 Å². The van der Waals surface area contributed by atoms with Crippen molar-refractivity contribution in [1.82, 2.24) is 10.0 Å². The first-order valence-electron chi connectivity index (χ1n) is 4.94. The summed E-state index contributed by atoms with van der Waals surface area (Å²) in [4.78, 5) is 10.5. The van der Waals surface area contributed by atoms with E-state index >= 15 is 0 Å². The lowest BCUT2D eigenvalue weighted by atomic mass is 10.1. The number of halogens is 2. The molecule has 2 rings (SSSR count). The van der Waals surface area contributed by atoms with Gasteiger partial charge >= 0.3 is 0 Å². The van der Waals surface area contributed by atoms with Crippen molar-refractivity contribution < 1.29 is 13.6 Å². The van der Waals surface area contributed by atoms with Gasteiger partial charge in [-0.05, 0) is 6.42 Å². The van der Waals surface area contributed by atoms with Gasteiger partial charge in [0.2, 0.25) is 0 Å². The van der Waals surface area contributed by atoms with E-state index in [0.717, 1.165) is 19.3 Å². The summed E-state index contributed by atoms with van der Waals surface area (Å²) in [6.07, 6.45) is 1.66. The van der Waals surface area contributed by atoms with E-state index in [9.17, 15) is 13.6 Å². The summed E-state index contributed by atoms with van der Waals surface area (Å²) in [6.45, 7) is 1.58. The maximum absolute atomic E-state index is 12.9. The van der Waals surface area contributed by atoms with E-state index in [-0.39, 0.29) is 18.9 Å². The minimum Gasteiger partial charge on any atom is -0.303 e. The zero-order chi connectivity index (χ0) is 10.2. The molecule has 0 radical (unpaired) electrons. The Labute approximate surface area is 81.6 Å². The monoisotopic (exact) mass is 204 g/mol. The molecule has 2 aliphatic rings. The molecule has 5 heteroatoms. The Bertz CT molecular complexity index is 235. The zero-order valence-corrected chi connectivity index (χ0v) is 7.96. The number of hydrogen-bond donors (Lipinski definition) is 0. The van der Waals surface area contributed by atoms with E-state index in [1.165, 1.54) is 0 Å². The van der Waals surface area contributed by atoms with Gasteiger partial charge in [-0.3, -0.25) is 0 Å². The number of carbonyl (C=O) groups is 1. The third kappa shape index (κ3) is 1.93. The Morgan fingerprint density at radius 2 is 2.07 bits per heavy atom. The maximum atomic E-state index is 12.9. The molecule has 80 valence electrons. The summed E-state index contributed by atoms with van der Waals surface area (Å²) in [5, 5.41) is 3.57. The van der Waals surface area contributed by atoms with E-state index in [1.54, 1.807) is 5.01 Å². The number of nitrogens with zero attached hydrogens (tertiary/aromatic N) is 2. The number of hydrazine groups is 1. The van der Waals surface area contributed by atoms with Gasteiger partial charge in [0.25, 0.3) is 5.92 Å². The summed E-state index contributed by atoms with van der Waals surface area (Å²) >= 11 is 0. The average Bonchev–Trinajstić information content (AvgIpc) is 2.70. The molecule has 0 N–H and O–H groups in total. The highest BCUT2D eigenvalue weighted by Gasteiger charge is 2.41. The lowest BCUT2D eigenvalue weighted by molar-refractivity contribution is -0.111. The highest BCUT2D eigenvalue weighted by atomic mass is 19.3. The second kappa shape index (κ2) is 3.55. The van der Waals surface area contributed by atoms with Crippen LogP contribution in [-0.4, -0.2) is 48.4 Å². The molecule has 0 bridgehead atoms. The van der Waals surface area contributed by atoms with Crippen molar-refractivity contribution in [3.63, 3.8) is 0 Å². The number of rotatable bonds is 2. The minimum absolute atomic E-state index is 0.0317. The van der Waals surface area contributed by atoms with Crippen LogP contribution in [0.5, 0.6) is 0 Å². The Morgan fingerprint density at radius 1 is 1.29 bits per heavy atom. The van der Waals surface area contributed by atoms with Crippen molar-refractivity contribution in [2.45, 2.75) is 18.8 Å². The van der Waals surface area contributed by atoms with Crippen LogP contribution in [0.25, 0.3) is 0 Å². The molecule has 0 aliphatic carbocycles. The van der Waals surface area contributed by atoms with E-state index in [1.807, 2.05) is 5.01 Å². The van der Waals surface area contributed by atoms with Crippen molar-refractivity contribution >= 4 is 6.29 Å². The number of aldehydes is 1. The quantitative estimate of drug-likeness (QED) is 0.620. The fourth-order valence-electron chi connectivity index (χ4n) is 2.10. The Kier molecular flexibility index (Phi) is 2.53. The van der Waals surface area contributed by atoms with Gasteiger partial charge in [-0.1, -0.05) is 0 Å². The van der Waals surface area contributed by atoms with Crippen molar-refractivity contribution in [2.24, 2.45) is 5.92 Å². The Balaban J connectivity index is 1.89. The predicted molar refractivity (Wildman–Crippen MR) is 46.9 cm³/mol. The second-order valence-corrected chi connectivity index (χ2v) is 4.09. The topological polar surface area (TPSA) is 23.6 Å². The zero-order valence-electron chi connectivity index (χ0n) is 7.96. The van der Waals surface area contributed by atoms with E-state index in [0.29, 0.717) is 13.1 Å². The maximum Gasteiger partial charge on any atom is 0.263 e. The van der Waals surface area contributed by atoms with Crippen LogP contribution in [0.3, 0.4) is 0 Å². The summed E-state index contributed by atoms with van der Waals surface area (Å²) < 4.78 is 25.8. The van der Waals surface area contributed by atoms with Crippen molar-refractivity contribution in [3.05, 3.63) is 0 Å². The van der Waals surface area contributed by atoms with Crippen molar-refractivity contribution in [3.8, 4) is 0 Å². The smallest absolute Gasteiger partial charge is 0.263 e. The van der Waals surface area contributed by atoms with Gasteiger partial charge in [-0.15, -0.1) is 0 Å². The molecule has 0 saturated carbocycles. The first-order chi connectivity index (χ1) is 6.61. The summed E-state index contributed by atoms with van der Waals surface area (Å²) in [6, 6.07) is 0. The third-order valence-corrected chi connectivity index (χ3v) is 2.95. The molecule has 2 aliphatic heterocycles. The van der Waals surface area contributed by atoms with Crippen LogP contribution in [-0.2, 0) is 4.79 Å². The van der Waals surface area contributed by atoms with Gasteiger partial charge in [-0.25, -0.2) is 18.8 Å². The Hall–Kier alpha value is -0.550. The molecule has 14 heavy (non-hydrogen) atoms. The van der Waals surface area contributed by atoms with Gasteiger partial charge in [0.05, 0.1) is 6.54 Å². The van der Waals surface area contributed by atoms with Crippen LogP contribution < -0.4 is 0 Å². The van der Waals surface area contributed by atoms with Gasteiger partial charge in [0.15, 0.2) is 0 Å². The molecule has 3 nitrogen and oxygen atoms in total. The molecule has 0 aromatic carbocycles. The average molecular weight is 204 g/mol. The lowest BCUT2D eigenvalue weighted by Crippen LogP contribution is -2.40. The molecule has 0 amide bonds. The molecule has 0 unspecified atom stereocenters. The summed E-state index contributed by atoms with van der Waals surface area (Å²) in [7, 11) is 0. The molecule has 0 aromatic rings. The van der Waals surface area contributed by atoms with E-state index < -0.39 is 5.92 Å². The van der Waals surface area contributed by atoms with Crippen LogP contribution in [0.15, 0.2) is 0 Å². The fourth-order valence-corrected chi connectivity index (χ4v) is 2.10. The largest absolute Gasteiger partial charge is 0.303 e. The molecule has 0 aromatic heterocycles. The van der Waals surface area contributed by atoms with Gasteiger partial charge < -0.3 is 4.79 Å². The summed E-state index contributed by atoms with van der Waals surface area (Å²) in [5.41, 5.74) is 0. The first-order valence-corrected chi connectivity index (χ1v) is 4.94. The minimum atomic E-state index is -2.54. The Morgan fingerprint density at radius 3 is 2.57 bits per heavy atom. The van der Waals surface area contributed by atoms with Crippen LogP contribution >= 0.6 is 0 Å². The van der Waals surface area contributed by atoms with Gasteiger partial charge in [0, 0.05) is 32.0 Å². The fraction of sp³-hybridized carbons (Fsp3) is 0.889. The molecule has 2 saturated heterocycles. The normalized spacial score (nSPS) is 33.7. The van der Waals surface area contributed by atoms with E-state index in [4.69, 9.17) is 0 Å².